The van der Waals surface area contributed by atoms with Gasteiger partial charge in [-0.15, -0.1) is 0 Å². The molecule has 0 aromatic heterocycles. The third kappa shape index (κ3) is 6.13. The van der Waals surface area contributed by atoms with E-state index in [-0.39, 0.29) is 6.10 Å². The predicted molar refractivity (Wildman–Crippen MR) is 90.1 cm³/mol. The van der Waals surface area contributed by atoms with Gasteiger partial charge in [0.15, 0.2) is 0 Å². The number of ether oxygens (including phenoxy) is 2. The van der Waals surface area contributed by atoms with E-state index in [4.69, 9.17) is 9.47 Å². The van der Waals surface area contributed by atoms with Gasteiger partial charge >= 0.3 is 0 Å². The van der Waals surface area contributed by atoms with Gasteiger partial charge in [-0.05, 0) is 18.9 Å². The Morgan fingerprint density at radius 2 is 2.32 bits per heavy atom. The molecule has 0 amide bonds. The molecule has 1 unspecified atom stereocenters. The standard InChI is InChI=1S/C17H27N3O2/c1-15-5-6-16(7-9-21-10-11-22-15)12-20-8-3-4-17(13-20)19-14-18-2/h4-7,14-15H,3,8-13H2,1-2H3,(H,18,19). The second-order valence-electron chi connectivity index (χ2n) is 5.55. The zero-order valence-corrected chi connectivity index (χ0v) is 13.6. The van der Waals surface area contributed by atoms with E-state index >= 15 is 0 Å². The van der Waals surface area contributed by atoms with Crippen LogP contribution in [0.3, 0.4) is 0 Å². The van der Waals surface area contributed by atoms with Gasteiger partial charge in [0.2, 0.25) is 0 Å². The highest BCUT2D eigenvalue weighted by Crippen LogP contribution is 2.11. The highest BCUT2D eigenvalue weighted by molar-refractivity contribution is 5.57. The van der Waals surface area contributed by atoms with Gasteiger partial charge in [0.05, 0.1) is 32.3 Å². The SMILES string of the molecule is CN=CNC1=CCCN(CC2=CCOCCOC(C)C=C2)C1. The Bertz CT molecular complexity index is 455. The highest BCUT2D eigenvalue weighted by atomic mass is 16.5. The largest absolute Gasteiger partial charge is 0.375 e. The third-order valence-corrected chi connectivity index (χ3v) is 3.67. The summed E-state index contributed by atoms with van der Waals surface area (Å²) in [6.45, 7) is 6.93. The summed E-state index contributed by atoms with van der Waals surface area (Å²) < 4.78 is 11.2. The predicted octanol–water partition coefficient (Wildman–Crippen LogP) is 1.74. The molecule has 5 heteroatoms. The van der Waals surface area contributed by atoms with E-state index in [0.717, 1.165) is 26.1 Å². The molecule has 0 fully saturated rings. The summed E-state index contributed by atoms with van der Waals surface area (Å²) in [4.78, 5) is 6.40. The average Bonchev–Trinajstić information content (AvgIpc) is 2.54. The van der Waals surface area contributed by atoms with Crippen LogP contribution in [0, 0.1) is 0 Å². The number of hydrogen-bond donors (Lipinski definition) is 1. The molecule has 2 aliphatic heterocycles. The van der Waals surface area contributed by atoms with Gasteiger partial charge in [-0.1, -0.05) is 24.3 Å². The molecule has 1 atom stereocenters. The fraction of sp³-hybridized carbons (Fsp3) is 0.588. The fourth-order valence-electron chi connectivity index (χ4n) is 2.49. The Balaban J connectivity index is 1.92. The van der Waals surface area contributed by atoms with Gasteiger partial charge in [0, 0.05) is 32.4 Å². The molecule has 1 N–H and O–H groups in total. The normalized spacial score (nSPS) is 24.9. The fourth-order valence-corrected chi connectivity index (χ4v) is 2.49. The van der Waals surface area contributed by atoms with Crippen LogP contribution in [0.15, 0.2) is 40.6 Å². The summed E-state index contributed by atoms with van der Waals surface area (Å²) in [6, 6.07) is 0. The zero-order chi connectivity index (χ0) is 15.6. The van der Waals surface area contributed by atoms with Gasteiger partial charge in [0.1, 0.15) is 0 Å². The summed E-state index contributed by atoms with van der Waals surface area (Å²) in [6.07, 6.45) is 11.6. The van der Waals surface area contributed by atoms with Crippen molar-refractivity contribution < 1.29 is 9.47 Å². The molecule has 122 valence electrons. The van der Waals surface area contributed by atoms with Gasteiger partial charge in [-0.3, -0.25) is 9.89 Å². The topological polar surface area (TPSA) is 46.1 Å². The molecule has 5 nitrogen and oxygen atoms in total. The lowest BCUT2D eigenvalue weighted by Gasteiger charge is -2.27. The molecule has 0 aliphatic carbocycles. The zero-order valence-electron chi connectivity index (χ0n) is 13.6. The van der Waals surface area contributed by atoms with Crippen molar-refractivity contribution in [2.45, 2.75) is 19.4 Å². The van der Waals surface area contributed by atoms with Crippen LogP contribution < -0.4 is 5.32 Å². The van der Waals surface area contributed by atoms with Crippen LogP contribution in [0.5, 0.6) is 0 Å². The van der Waals surface area contributed by atoms with Crippen LogP contribution in [0.1, 0.15) is 13.3 Å². The van der Waals surface area contributed by atoms with Crippen molar-refractivity contribution in [2.24, 2.45) is 4.99 Å². The lowest BCUT2D eigenvalue weighted by atomic mass is 10.1. The van der Waals surface area contributed by atoms with E-state index in [2.05, 4.69) is 46.4 Å². The summed E-state index contributed by atoms with van der Waals surface area (Å²) in [5.41, 5.74) is 2.50. The van der Waals surface area contributed by atoms with Crippen molar-refractivity contribution in [3.8, 4) is 0 Å². The van der Waals surface area contributed by atoms with Gasteiger partial charge in [-0.2, -0.15) is 0 Å². The van der Waals surface area contributed by atoms with Crippen molar-refractivity contribution in [2.75, 3.05) is 46.5 Å². The smallest absolute Gasteiger partial charge is 0.0862 e. The molecular weight excluding hydrogens is 278 g/mol. The van der Waals surface area contributed by atoms with E-state index in [0.29, 0.717) is 19.8 Å². The third-order valence-electron chi connectivity index (χ3n) is 3.67. The summed E-state index contributed by atoms with van der Waals surface area (Å²) in [5.74, 6) is 0. The van der Waals surface area contributed by atoms with E-state index in [1.54, 1.807) is 13.4 Å². The van der Waals surface area contributed by atoms with E-state index in [1.807, 2.05) is 0 Å². The molecule has 2 heterocycles. The van der Waals surface area contributed by atoms with Gasteiger partial charge in [-0.25, -0.2) is 0 Å². The molecule has 0 radical (unpaired) electrons. The molecule has 0 saturated carbocycles. The van der Waals surface area contributed by atoms with Gasteiger partial charge in [0.25, 0.3) is 0 Å². The maximum Gasteiger partial charge on any atom is 0.0862 e. The molecule has 0 bridgehead atoms. The lowest BCUT2D eigenvalue weighted by Crippen LogP contribution is -2.35. The second kappa shape index (κ2) is 9.56. The monoisotopic (exact) mass is 305 g/mol. The Morgan fingerprint density at radius 3 is 3.18 bits per heavy atom. The van der Waals surface area contributed by atoms with Crippen molar-refractivity contribution in [3.63, 3.8) is 0 Å². The minimum atomic E-state index is 0.129. The Labute approximate surface area is 133 Å². The summed E-state index contributed by atoms with van der Waals surface area (Å²) in [5, 5.41) is 3.23. The summed E-state index contributed by atoms with van der Waals surface area (Å²) >= 11 is 0. The van der Waals surface area contributed by atoms with Crippen molar-refractivity contribution in [1.82, 2.24) is 10.2 Å². The molecular formula is C17H27N3O2. The Kier molecular flexibility index (Phi) is 7.36. The maximum atomic E-state index is 5.63. The quantitative estimate of drug-likeness (QED) is 0.635. The van der Waals surface area contributed by atoms with E-state index in [1.165, 1.54) is 11.3 Å². The Hall–Kier alpha value is -1.43. The van der Waals surface area contributed by atoms with Crippen molar-refractivity contribution in [3.05, 3.63) is 35.6 Å². The molecule has 0 saturated heterocycles. The van der Waals surface area contributed by atoms with Crippen LogP contribution in [0.4, 0.5) is 0 Å². The molecule has 2 rings (SSSR count). The highest BCUT2D eigenvalue weighted by Gasteiger charge is 2.13. The van der Waals surface area contributed by atoms with Gasteiger partial charge < -0.3 is 14.8 Å². The first-order valence-electron chi connectivity index (χ1n) is 7.93. The van der Waals surface area contributed by atoms with Crippen LogP contribution in [-0.4, -0.2) is 63.8 Å². The van der Waals surface area contributed by atoms with Crippen LogP contribution in [-0.2, 0) is 9.47 Å². The van der Waals surface area contributed by atoms with Crippen molar-refractivity contribution in [1.29, 1.82) is 0 Å². The average molecular weight is 305 g/mol. The minimum absolute atomic E-state index is 0.129. The molecule has 0 spiro atoms. The molecule has 0 aromatic carbocycles. The first-order chi connectivity index (χ1) is 10.8. The lowest BCUT2D eigenvalue weighted by molar-refractivity contribution is 0.0371. The number of hydrogen-bond acceptors (Lipinski definition) is 4. The second-order valence-corrected chi connectivity index (χ2v) is 5.55. The van der Waals surface area contributed by atoms with E-state index < -0.39 is 0 Å². The van der Waals surface area contributed by atoms with Crippen LogP contribution in [0.2, 0.25) is 0 Å². The molecule has 2 aliphatic rings. The molecule has 0 aromatic rings. The number of rotatable bonds is 4. The number of nitrogens with zero attached hydrogens (tertiary/aromatic N) is 2. The number of nitrogens with one attached hydrogen (secondary N) is 1. The van der Waals surface area contributed by atoms with Crippen LogP contribution >= 0.6 is 0 Å². The summed E-state index contributed by atoms with van der Waals surface area (Å²) in [7, 11) is 1.77. The molecule has 22 heavy (non-hydrogen) atoms. The van der Waals surface area contributed by atoms with E-state index in [9.17, 15) is 0 Å². The van der Waals surface area contributed by atoms with Crippen LogP contribution in [0.25, 0.3) is 0 Å². The minimum Gasteiger partial charge on any atom is -0.375 e. The number of aliphatic imine (C=N–C) groups is 1. The Morgan fingerprint density at radius 1 is 1.41 bits per heavy atom. The maximum absolute atomic E-state index is 5.63. The first kappa shape index (κ1) is 16.9. The van der Waals surface area contributed by atoms with Crippen molar-refractivity contribution >= 4 is 6.34 Å². The first-order valence-corrected chi connectivity index (χ1v) is 7.93.